The Morgan fingerprint density at radius 2 is 1.69 bits per heavy atom. The van der Waals surface area contributed by atoms with Crippen LogP contribution in [0, 0.1) is 0 Å². The normalized spacial score (nSPS) is 19.7. The van der Waals surface area contributed by atoms with Gasteiger partial charge < -0.3 is 10.2 Å². The molecule has 1 saturated heterocycles. The number of amides is 2. The highest BCUT2D eigenvalue weighted by atomic mass is 16.2. The summed E-state index contributed by atoms with van der Waals surface area (Å²) >= 11 is 0. The van der Waals surface area contributed by atoms with E-state index in [0.29, 0.717) is 18.5 Å². The van der Waals surface area contributed by atoms with Crippen LogP contribution in [-0.4, -0.2) is 35.3 Å². The highest BCUT2D eigenvalue weighted by Crippen LogP contribution is 2.28. The Morgan fingerprint density at radius 1 is 1.04 bits per heavy atom. The van der Waals surface area contributed by atoms with Crippen LogP contribution >= 0.6 is 0 Å². The predicted octanol–water partition coefficient (Wildman–Crippen LogP) is 2.75. The van der Waals surface area contributed by atoms with E-state index < -0.39 is 0 Å². The van der Waals surface area contributed by atoms with Crippen molar-refractivity contribution in [3.63, 3.8) is 0 Å². The van der Waals surface area contributed by atoms with Crippen molar-refractivity contribution in [1.82, 2.24) is 10.2 Å². The molecule has 134 valence electrons. The van der Waals surface area contributed by atoms with Crippen molar-refractivity contribution in [3.05, 3.63) is 70.8 Å². The van der Waals surface area contributed by atoms with Gasteiger partial charge in [0.05, 0.1) is 6.04 Å². The number of likely N-dealkylation sites (tertiary alicyclic amines) is 1. The molecule has 26 heavy (non-hydrogen) atoms. The number of rotatable bonds is 4. The van der Waals surface area contributed by atoms with Gasteiger partial charge in [0.1, 0.15) is 0 Å². The third-order valence-corrected chi connectivity index (χ3v) is 5.61. The molecule has 0 spiro atoms. The molecule has 1 fully saturated rings. The quantitative estimate of drug-likeness (QED) is 0.924. The first-order valence-electron chi connectivity index (χ1n) is 9.40. The number of nitrogens with one attached hydrogen (secondary N) is 1. The first kappa shape index (κ1) is 16.8. The molecular formula is C22H24N2O2. The molecule has 0 radical (unpaired) electrons. The Balaban J connectivity index is 1.42. The molecule has 0 unspecified atom stereocenters. The summed E-state index contributed by atoms with van der Waals surface area (Å²) < 4.78 is 0. The Kier molecular flexibility index (Phi) is 4.49. The number of benzene rings is 2. The molecule has 4 heteroatoms. The summed E-state index contributed by atoms with van der Waals surface area (Å²) in [6.45, 7) is 2.65. The third kappa shape index (κ3) is 3.12. The summed E-state index contributed by atoms with van der Waals surface area (Å²) in [6, 6.07) is 16.2. The van der Waals surface area contributed by atoms with Gasteiger partial charge in [0.15, 0.2) is 0 Å². The zero-order chi connectivity index (χ0) is 18.1. The van der Waals surface area contributed by atoms with Gasteiger partial charge in [0.2, 0.25) is 5.91 Å². The average Bonchev–Trinajstić information content (AvgIpc) is 3.24. The number of nitrogens with zero attached hydrogens (tertiary/aromatic N) is 1. The van der Waals surface area contributed by atoms with Gasteiger partial charge in [0, 0.05) is 24.6 Å². The number of aryl methyl sites for hydroxylation is 1. The van der Waals surface area contributed by atoms with Crippen molar-refractivity contribution in [2.75, 3.05) is 6.54 Å². The molecule has 2 aromatic carbocycles. The summed E-state index contributed by atoms with van der Waals surface area (Å²) in [4.78, 5) is 27.2. The van der Waals surface area contributed by atoms with E-state index in [1.165, 1.54) is 11.1 Å². The number of fused-ring (bicyclic) bond motifs is 1. The Hall–Kier alpha value is -2.62. The minimum atomic E-state index is -0.108. The number of carbonyl (C=O) groups is 2. The smallest absolute Gasteiger partial charge is 0.251 e. The lowest BCUT2D eigenvalue weighted by atomic mass is 10.0. The molecule has 0 bridgehead atoms. The van der Waals surface area contributed by atoms with Gasteiger partial charge in [-0.25, -0.2) is 0 Å². The van der Waals surface area contributed by atoms with Crippen LogP contribution in [0.3, 0.4) is 0 Å². The van der Waals surface area contributed by atoms with Crippen LogP contribution in [0.1, 0.15) is 40.4 Å². The Labute approximate surface area is 154 Å². The number of hydrogen-bond acceptors (Lipinski definition) is 2. The standard InChI is InChI=1S/C22H24N2O2/c1-2-15-7-5-6-10-20(15)22(26)23-18-13-21(25)24(14-18)19-11-16-8-3-4-9-17(16)12-19/h3-10,18-19H,2,11-14H2,1H3,(H,23,26)/t18-/m1/s1. The Morgan fingerprint density at radius 3 is 2.38 bits per heavy atom. The Bertz CT molecular complexity index is 821. The molecule has 0 aromatic heterocycles. The zero-order valence-electron chi connectivity index (χ0n) is 15.1. The molecule has 0 saturated carbocycles. The summed E-state index contributed by atoms with van der Waals surface area (Å²) in [5, 5.41) is 3.07. The van der Waals surface area contributed by atoms with E-state index in [9.17, 15) is 9.59 Å². The maximum absolute atomic E-state index is 12.7. The maximum atomic E-state index is 12.7. The first-order valence-corrected chi connectivity index (χ1v) is 9.40. The molecule has 1 heterocycles. The summed E-state index contributed by atoms with van der Waals surface area (Å²) in [5.74, 6) is 0.0775. The maximum Gasteiger partial charge on any atom is 0.251 e. The highest BCUT2D eigenvalue weighted by molar-refractivity contribution is 5.96. The summed E-state index contributed by atoms with van der Waals surface area (Å²) in [6.07, 6.45) is 3.05. The van der Waals surface area contributed by atoms with E-state index in [1.54, 1.807) is 0 Å². The molecule has 4 nitrogen and oxygen atoms in total. The van der Waals surface area contributed by atoms with E-state index in [-0.39, 0.29) is 23.9 Å². The molecule has 2 amide bonds. The van der Waals surface area contributed by atoms with Crippen LogP contribution in [0.2, 0.25) is 0 Å². The van der Waals surface area contributed by atoms with Gasteiger partial charge in [-0.15, -0.1) is 0 Å². The molecule has 1 atom stereocenters. The molecule has 4 rings (SSSR count). The van der Waals surface area contributed by atoms with Gasteiger partial charge >= 0.3 is 0 Å². The van der Waals surface area contributed by atoms with Gasteiger partial charge in [-0.3, -0.25) is 9.59 Å². The monoisotopic (exact) mass is 348 g/mol. The molecule has 2 aliphatic rings. The van der Waals surface area contributed by atoms with E-state index in [2.05, 4.69) is 29.6 Å². The topological polar surface area (TPSA) is 49.4 Å². The fourth-order valence-electron chi connectivity index (χ4n) is 4.25. The average molecular weight is 348 g/mol. The molecule has 1 aliphatic carbocycles. The van der Waals surface area contributed by atoms with E-state index in [0.717, 1.165) is 24.8 Å². The third-order valence-electron chi connectivity index (χ3n) is 5.61. The van der Waals surface area contributed by atoms with Crippen LogP contribution in [0.25, 0.3) is 0 Å². The van der Waals surface area contributed by atoms with Gasteiger partial charge in [-0.05, 0) is 42.0 Å². The molecule has 1 N–H and O–H groups in total. The predicted molar refractivity (Wildman–Crippen MR) is 101 cm³/mol. The lowest BCUT2D eigenvalue weighted by Gasteiger charge is -2.24. The second kappa shape index (κ2) is 6.94. The van der Waals surface area contributed by atoms with Gasteiger partial charge in [-0.2, -0.15) is 0 Å². The SMILES string of the molecule is CCc1ccccc1C(=O)N[C@@H]1CC(=O)N(C2Cc3ccccc3C2)C1. The second-order valence-corrected chi connectivity index (χ2v) is 7.26. The van der Waals surface area contributed by atoms with Crippen LogP contribution < -0.4 is 5.32 Å². The van der Waals surface area contributed by atoms with Gasteiger partial charge in [0.25, 0.3) is 5.91 Å². The molecule has 1 aliphatic heterocycles. The minimum Gasteiger partial charge on any atom is -0.347 e. The van der Waals surface area contributed by atoms with E-state index in [1.807, 2.05) is 36.1 Å². The summed E-state index contributed by atoms with van der Waals surface area (Å²) in [5.41, 5.74) is 4.44. The largest absolute Gasteiger partial charge is 0.347 e. The lowest BCUT2D eigenvalue weighted by molar-refractivity contribution is -0.129. The second-order valence-electron chi connectivity index (χ2n) is 7.26. The fraction of sp³-hybridized carbons (Fsp3) is 0.364. The lowest BCUT2D eigenvalue weighted by Crippen LogP contribution is -2.41. The zero-order valence-corrected chi connectivity index (χ0v) is 15.1. The molecular weight excluding hydrogens is 324 g/mol. The highest BCUT2D eigenvalue weighted by Gasteiger charge is 2.37. The van der Waals surface area contributed by atoms with Crippen LogP contribution in [0.15, 0.2) is 48.5 Å². The molecule has 2 aromatic rings. The summed E-state index contributed by atoms with van der Waals surface area (Å²) in [7, 11) is 0. The fourth-order valence-corrected chi connectivity index (χ4v) is 4.25. The van der Waals surface area contributed by atoms with Crippen molar-refractivity contribution < 1.29 is 9.59 Å². The number of carbonyl (C=O) groups excluding carboxylic acids is 2. The van der Waals surface area contributed by atoms with E-state index in [4.69, 9.17) is 0 Å². The van der Waals surface area contributed by atoms with Crippen molar-refractivity contribution in [1.29, 1.82) is 0 Å². The van der Waals surface area contributed by atoms with E-state index >= 15 is 0 Å². The number of hydrogen-bond donors (Lipinski definition) is 1. The minimum absolute atomic E-state index is 0.0724. The van der Waals surface area contributed by atoms with Gasteiger partial charge in [-0.1, -0.05) is 49.4 Å². The van der Waals surface area contributed by atoms with Crippen molar-refractivity contribution in [2.45, 2.75) is 44.7 Å². The van der Waals surface area contributed by atoms with Crippen LogP contribution in [0.5, 0.6) is 0 Å². The van der Waals surface area contributed by atoms with Crippen LogP contribution in [-0.2, 0) is 24.1 Å². The van der Waals surface area contributed by atoms with Crippen molar-refractivity contribution in [2.24, 2.45) is 0 Å². The van der Waals surface area contributed by atoms with Crippen molar-refractivity contribution in [3.8, 4) is 0 Å². The van der Waals surface area contributed by atoms with Crippen molar-refractivity contribution >= 4 is 11.8 Å². The van der Waals surface area contributed by atoms with Crippen LogP contribution in [0.4, 0.5) is 0 Å². The first-order chi connectivity index (χ1) is 12.7.